The molecule has 4 rings (SSSR count). The Morgan fingerprint density at radius 3 is 2.20 bits per heavy atom. The average Bonchev–Trinajstić information content (AvgIpc) is 3.12. The van der Waals surface area contributed by atoms with Crippen molar-refractivity contribution in [2.45, 2.75) is 70.9 Å². The Hall–Kier alpha value is -4.95. The third-order valence-corrected chi connectivity index (χ3v) is 8.65. The van der Waals surface area contributed by atoms with Gasteiger partial charge in [-0.1, -0.05) is 111 Å². The minimum atomic E-state index is -0.677. The Kier molecular flexibility index (Phi) is 13.5. The number of rotatable bonds is 17. The fourth-order valence-corrected chi connectivity index (χ4v) is 5.54. The Bertz CT molecular complexity index is 1670. The third-order valence-electron chi connectivity index (χ3n) is 8.65. The van der Waals surface area contributed by atoms with Crippen LogP contribution in [0.1, 0.15) is 74.4 Å². The van der Waals surface area contributed by atoms with E-state index in [9.17, 15) is 14.4 Å². The number of anilines is 2. The molecule has 0 heterocycles. The van der Waals surface area contributed by atoms with Gasteiger partial charge in [0.1, 0.15) is 6.04 Å². The molecule has 8 heteroatoms. The number of benzene rings is 4. The van der Waals surface area contributed by atoms with Crippen LogP contribution in [0, 0.1) is 0 Å². The lowest BCUT2D eigenvalue weighted by Crippen LogP contribution is -2.54. The van der Waals surface area contributed by atoms with Crippen LogP contribution in [0.15, 0.2) is 103 Å². The standard InChI is InChI=1S/C41H51N5O3/c1-5-6-7-8-14-26-43-40(49)46(4)34-19-15-18-33(28-34)31-24-22-30(23-25-31)27-37(39(48)45-41(2,3)29-42)44-36-21-13-12-20-35(36)38(47)32-16-10-9-11-17-32/h9-13,15-25,28,37,44H,5-8,14,26-27,29,42H2,1-4H3,(H,43,49)(H,45,48). The fraction of sp³-hybridized carbons (Fsp3) is 0.341. The number of amides is 3. The van der Waals surface area contributed by atoms with Gasteiger partial charge in [0.2, 0.25) is 5.91 Å². The van der Waals surface area contributed by atoms with Crippen molar-refractivity contribution in [2.24, 2.45) is 5.73 Å². The average molecular weight is 662 g/mol. The highest BCUT2D eigenvalue weighted by Crippen LogP contribution is 2.26. The number of para-hydroxylation sites is 1. The summed E-state index contributed by atoms with van der Waals surface area (Å²) in [5, 5.41) is 9.47. The molecule has 258 valence electrons. The molecule has 4 aromatic rings. The molecular formula is C41H51N5O3. The van der Waals surface area contributed by atoms with Gasteiger partial charge in [-0.2, -0.15) is 0 Å². The first kappa shape index (κ1) is 36.9. The number of nitrogens with one attached hydrogen (secondary N) is 3. The molecule has 1 atom stereocenters. The first-order valence-electron chi connectivity index (χ1n) is 17.3. The number of unbranched alkanes of at least 4 members (excludes halogenated alkanes) is 4. The van der Waals surface area contributed by atoms with Gasteiger partial charge in [0.25, 0.3) is 0 Å². The van der Waals surface area contributed by atoms with Crippen LogP contribution in [0.4, 0.5) is 16.2 Å². The molecule has 8 nitrogen and oxygen atoms in total. The van der Waals surface area contributed by atoms with Gasteiger partial charge in [0, 0.05) is 54.6 Å². The summed E-state index contributed by atoms with van der Waals surface area (Å²) in [5.74, 6) is -0.335. The number of hydrogen-bond donors (Lipinski definition) is 4. The molecule has 1 unspecified atom stereocenters. The van der Waals surface area contributed by atoms with Crippen LogP contribution in [0.5, 0.6) is 0 Å². The second kappa shape index (κ2) is 18.0. The molecule has 5 N–H and O–H groups in total. The summed E-state index contributed by atoms with van der Waals surface area (Å²) in [6, 6.07) is 31.5. The van der Waals surface area contributed by atoms with E-state index in [1.807, 2.05) is 98.8 Å². The summed E-state index contributed by atoms with van der Waals surface area (Å²) < 4.78 is 0. The highest BCUT2D eigenvalue weighted by Gasteiger charge is 2.27. The van der Waals surface area contributed by atoms with Crippen LogP contribution < -0.4 is 26.6 Å². The number of carbonyl (C=O) groups excluding carboxylic acids is 3. The Morgan fingerprint density at radius 1 is 0.796 bits per heavy atom. The molecule has 3 amide bonds. The highest BCUT2D eigenvalue weighted by molar-refractivity contribution is 6.12. The zero-order chi connectivity index (χ0) is 35.2. The molecule has 0 saturated heterocycles. The minimum Gasteiger partial charge on any atom is -0.373 e. The summed E-state index contributed by atoms with van der Waals surface area (Å²) in [5.41, 5.74) is 10.7. The smallest absolute Gasteiger partial charge is 0.321 e. The molecule has 0 aliphatic heterocycles. The number of nitrogens with two attached hydrogens (primary N) is 1. The van der Waals surface area contributed by atoms with Gasteiger partial charge >= 0.3 is 6.03 Å². The van der Waals surface area contributed by atoms with Crippen LogP contribution in [0.2, 0.25) is 0 Å². The van der Waals surface area contributed by atoms with E-state index in [1.165, 1.54) is 19.3 Å². The van der Waals surface area contributed by atoms with Gasteiger partial charge < -0.3 is 21.7 Å². The topological polar surface area (TPSA) is 117 Å². The van der Waals surface area contributed by atoms with Crippen LogP contribution in [0.3, 0.4) is 0 Å². The fourth-order valence-electron chi connectivity index (χ4n) is 5.54. The summed E-state index contributed by atoms with van der Waals surface area (Å²) in [6.07, 6.45) is 6.11. The van der Waals surface area contributed by atoms with E-state index in [1.54, 1.807) is 30.1 Å². The number of hydrogen-bond acceptors (Lipinski definition) is 5. The number of carbonyl (C=O) groups is 3. The molecule has 0 aliphatic carbocycles. The van der Waals surface area contributed by atoms with Crippen molar-refractivity contribution in [3.63, 3.8) is 0 Å². The first-order chi connectivity index (χ1) is 23.6. The van der Waals surface area contributed by atoms with Crippen molar-refractivity contribution in [3.05, 3.63) is 120 Å². The summed E-state index contributed by atoms with van der Waals surface area (Å²) in [7, 11) is 1.78. The lowest BCUT2D eigenvalue weighted by molar-refractivity contribution is -0.123. The van der Waals surface area contributed by atoms with E-state index in [0.717, 1.165) is 35.2 Å². The van der Waals surface area contributed by atoms with Crippen molar-refractivity contribution in [2.75, 3.05) is 30.4 Å². The van der Waals surface area contributed by atoms with Crippen molar-refractivity contribution in [3.8, 4) is 11.1 Å². The van der Waals surface area contributed by atoms with E-state index in [-0.39, 0.29) is 24.3 Å². The zero-order valence-corrected chi connectivity index (χ0v) is 29.3. The van der Waals surface area contributed by atoms with Crippen LogP contribution >= 0.6 is 0 Å². The van der Waals surface area contributed by atoms with Gasteiger partial charge in [-0.3, -0.25) is 14.5 Å². The van der Waals surface area contributed by atoms with Gasteiger partial charge in [-0.05, 0) is 61.2 Å². The summed E-state index contributed by atoms with van der Waals surface area (Å²) >= 11 is 0. The first-order valence-corrected chi connectivity index (χ1v) is 17.3. The maximum Gasteiger partial charge on any atom is 0.321 e. The van der Waals surface area contributed by atoms with Crippen LogP contribution in [-0.4, -0.2) is 49.4 Å². The highest BCUT2D eigenvalue weighted by atomic mass is 16.2. The van der Waals surface area contributed by atoms with Crippen molar-refractivity contribution in [1.29, 1.82) is 0 Å². The number of urea groups is 1. The van der Waals surface area contributed by atoms with Crippen LogP contribution in [-0.2, 0) is 11.2 Å². The van der Waals surface area contributed by atoms with Crippen molar-refractivity contribution in [1.82, 2.24) is 10.6 Å². The molecule has 0 saturated carbocycles. The molecule has 0 radical (unpaired) electrons. The van der Waals surface area contributed by atoms with E-state index in [0.29, 0.717) is 29.8 Å². The van der Waals surface area contributed by atoms with E-state index in [2.05, 4.69) is 22.9 Å². The molecule has 49 heavy (non-hydrogen) atoms. The van der Waals surface area contributed by atoms with Crippen molar-refractivity contribution < 1.29 is 14.4 Å². The van der Waals surface area contributed by atoms with E-state index < -0.39 is 11.6 Å². The van der Waals surface area contributed by atoms with E-state index in [4.69, 9.17) is 5.73 Å². The number of nitrogens with zero attached hydrogens (tertiary/aromatic N) is 1. The number of ketones is 1. The maximum atomic E-state index is 13.7. The predicted octanol–water partition coefficient (Wildman–Crippen LogP) is 7.58. The quantitative estimate of drug-likeness (QED) is 0.0688. The van der Waals surface area contributed by atoms with Gasteiger partial charge in [-0.15, -0.1) is 0 Å². The zero-order valence-electron chi connectivity index (χ0n) is 29.3. The molecule has 0 bridgehead atoms. The molecular weight excluding hydrogens is 610 g/mol. The normalized spacial score (nSPS) is 11.8. The monoisotopic (exact) mass is 661 g/mol. The molecule has 0 fully saturated rings. The molecule has 0 aromatic heterocycles. The lowest BCUT2D eigenvalue weighted by Gasteiger charge is -2.28. The van der Waals surface area contributed by atoms with Gasteiger partial charge in [0.05, 0.1) is 0 Å². The second-order valence-electron chi connectivity index (χ2n) is 13.2. The predicted molar refractivity (Wildman–Crippen MR) is 201 cm³/mol. The van der Waals surface area contributed by atoms with Crippen LogP contribution in [0.25, 0.3) is 11.1 Å². The molecule has 0 spiro atoms. The second-order valence-corrected chi connectivity index (χ2v) is 13.2. The lowest BCUT2D eigenvalue weighted by atomic mass is 9.97. The summed E-state index contributed by atoms with van der Waals surface area (Å²) in [4.78, 5) is 41.6. The Balaban J connectivity index is 1.50. The summed E-state index contributed by atoms with van der Waals surface area (Å²) in [6.45, 7) is 6.90. The molecule has 0 aliphatic rings. The van der Waals surface area contributed by atoms with E-state index >= 15 is 0 Å². The third kappa shape index (κ3) is 10.8. The molecule has 4 aromatic carbocycles. The van der Waals surface area contributed by atoms with Crippen molar-refractivity contribution >= 4 is 29.1 Å². The SMILES string of the molecule is CCCCCCCNC(=O)N(C)c1cccc(-c2ccc(CC(Nc3ccccc3C(=O)c3ccccc3)C(=O)NC(C)(C)CN)cc2)c1. The Labute approximate surface area is 291 Å². The van der Waals surface area contributed by atoms with Gasteiger partial charge in [-0.25, -0.2) is 4.79 Å². The Morgan fingerprint density at radius 2 is 1.49 bits per heavy atom. The van der Waals surface area contributed by atoms with Gasteiger partial charge in [0.15, 0.2) is 5.78 Å². The largest absolute Gasteiger partial charge is 0.373 e. The minimum absolute atomic E-state index is 0.121. The maximum absolute atomic E-state index is 13.7.